The standard InChI is InChI=1S/C22H26N4O4/c1-16-11-17(27)18(13-29-16)30-14-21(28)23-15-22(8-4-2-5-9-22)12-20-25-24-19-7-3-6-10-26(19)20/h3,6-7,10-11,13H,2,4-5,8-9,12,14-15H2,1H3,(H,23,28). The third-order valence-corrected chi connectivity index (χ3v) is 5.78. The van der Waals surface area contributed by atoms with E-state index in [0.717, 1.165) is 43.6 Å². The van der Waals surface area contributed by atoms with Crippen LogP contribution in [-0.4, -0.2) is 33.7 Å². The second kappa shape index (κ2) is 8.69. The summed E-state index contributed by atoms with van der Waals surface area (Å²) in [6.07, 6.45) is 9.49. The van der Waals surface area contributed by atoms with Crippen molar-refractivity contribution < 1.29 is 13.9 Å². The molecule has 3 aromatic rings. The number of fused-ring (bicyclic) bond motifs is 1. The van der Waals surface area contributed by atoms with Gasteiger partial charge in [-0.25, -0.2) is 0 Å². The first kappa shape index (κ1) is 20.1. The normalized spacial score (nSPS) is 15.8. The molecule has 0 spiro atoms. The Hall–Kier alpha value is -3.16. The summed E-state index contributed by atoms with van der Waals surface area (Å²) in [7, 11) is 0. The summed E-state index contributed by atoms with van der Waals surface area (Å²) in [5.41, 5.74) is 0.470. The van der Waals surface area contributed by atoms with E-state index in [-0.39, 0.29) is 29.1 Å². The van der Waals surface area contributed by atoms with Crippen molar-refractivity contribution in [2.24, 2.45) is 5.41 Å². The van der Waals surface area contributed by atoms with Crippen molar-refractivity contribution in [2.75, 3.05) is 13.2 Å². The number of pyridine rings is 1. The van der Waals surface area contributed by atoms with Gasteiger partial charge in [-0.1, -0.05) is 25.3 Å². The van der Waals surface area contributed by atoms with Gasteiger partial charge in [0, 0.05) is 25.2 Å². The molecule has 1 aliphatic rings. The zero-order valence-corrected chi connectivity index (χ0v) is 17.1. The van der Waals surface area contributed by atoms with Gasteiger partial charge in [0.25, 0.3) is 5.91 Å². The van der Waals surface area contributed by atoms with Gasteiger partial charge in [-0.3, -0.25) is 14.0 Å². The Balaban J connectivity index is 1.40. The minimum absolute atomic E-state index is 0.0399. The number of rotatable bonds is 7. The minimum Gasteiger partial charge on any atom is -0.477 e. The molecule has 3 heterocycles. The Morgan fingerprint density at radius 3 is 2.90 bits per heavy atom. The molecule has 30 heavy (non-hydrogen) atoms. The van der Waals surface area contributed by atoms with E-state index >= 15 is 0 Å². The van der Waals surface area contributed by atoms with Gasteiger partial charge in [0.2, 0.25) is 11.2 Å². The molecule has 158 valence electrons. The zero-order chi connectivity index (χ0) is 21.0. The van der Waals surface area contributed by atoms with Crippen molar-refractivity contribution in [2.45, 2.75) is 45.4 Å². The van der Waals surface area contributed by atoms with Crippen LogP contribution in [0.4, 0.5) is 0 Å². The van der Waals surface area contributed by atoms with Crippen LogP contribution in [0.15, 0.2) is 45.9 Å². The molecule has 8 heteroatoms. The van der Waals surface area contributed by atoms with Gasteiger partial charge in [-0.15, -0.1) is 10.2 Å². The summed E-state index contributed by atoms with van der Waals surface area (Å²) in [6, 6.07) is 7.19. The van der Waals surface area contributed by atoms with Crippen LogP contribution in [0.25, 0.3) is 5.65 Å². The molecule has 0 unspecified atom stereocenters. The Bertz CT molecular complexity index is 1080. The summed E-state index contributed by atoms with van der Waals surface area (Å²) in [5.74, 6) is 1.19. The molecule has 0 saturated heterocycles. The number of hydrogen-bond acceptors (Lipinski definition) is 6. The first-order chi connectivity index (χ1) is 14.5. The van der Waals surface area contributed by atoms with Crippen LogP contribution in [0.3, 0.4) is 0 Å². The highest BCUT2D eigenvalue weighted by Gasteiger charge is 2.34. The van der Waals surface area contributed by atoms with Crippen LogP contribution in [-0.2, 0) is 11.2 Å². The average molecular weight is 410 g/mol. The zero-order valence-electron chi connectivity index (χ0n) is 17.1. The number of amides is 1. The van der Waals surface area contributed by atoms with Crippen LogP contribution in [0.1, 0.15) is 43.7 Å². The molecule has 1 fully saturated rings. The van der Waals surface area contributed by atoms with Gasteiger partial charge >= 0.3 is 0 Å². The van der Waals surface area contributed by atoms with Crippen LogP contribution >= 0.6 is 0 Å². The van der Waals surface area contributed by atoms with Crippen LogP contribution < -0.4 is 15.5 Å². The van der Waals surface area contributed by atoms with Crippen molar-refractivity contribution in [3.63, 3.8) is 0 Å². The summed E-state index contributed by atoms with van der Waals surface area (Å²) in [5, 5.41) is 11.6. The monoisotopic (exact) mass is 410 g/mol. The third-order valence-electron chi connectivity index (χ3n) is 5.78. The Morgan fingerprint density at radius 1 is 1.27 bits per heavy atom. The number of ether oxygens (including phenoxy) is 1. The molecule has 8 nitrogen and oxygen atoms in total. The fraction of sp³-hybridized carbons (Fsp3) is 0.455. The third kappa shape index (κ3) is 4.53. The highest BCUT2D eigenvalue weighted by molar-refractivity contribution is 5.77. The number of carbonyl (C=O) groups is 1. The largest absolute Gasteiger partial charge is 0.477 e. The fourth-order valence-electron chi connectivity index (χ4n) is 4.14. The number of aryl methyl sites for hydroxylation is 1. The molecule has 1 amide bonds. The molecule has 4 rings (SSSR count). The first-order valence-electron chi connectivity index (χ1n) is 10.3. The quantitative estimate of drug-likeness (QED) is 0.643. The molecular weight excluding hydrogens is 384 g/mol. The topological polar surface area (TPSA) is 98.7 Å². The molecule has 0 radical (unpaired) electrons. The maximum absolute atomic E-state index is 12.4. The summed E-state index contributed by atoms with van der Waals surface area (Å²) < 4.78 is 12.5. The highest BCUT2D eigenvalue weighted by atomic mass is 16.5. The molecule has 1 saturated carbocycles. The van der Waals surface area contributed by atoms with Gasteiger partial charge in [-0.2, -0.15) is 0 Å². The Kier molecular flexibility index (Phi) is 5.83. The van der Waals surface area contributed by atoms with Gasteiger partial charge < -0.3 is 14.5 Å². The predicted molar refractivity (Wildman–Crippen MR) is 110 cm³/mol. The lowest BCUT2D eigenvalue weighted by Gasteiger charge is -2.37. The lowest BCUT2D eigenvalue weighted by Crippen LogP contribution is -2.42. The van der Waals surface area contributed by atoms with E-state index < -0.39 is 0 Å². The SMILES string of the molecule is Cc1cc(=O)c(OCC(=O)NCC2(Cc3nnc4ccccn34)CCCCC2)co1. The summed E-state index contributed by atoms with van der Waals surface area (Å²) >= 11 is 0. The van der Waals surface area contributed by atoms with E-state index in [2.05, 4.69) is 15.5 Å². The van der Waals surface area contributed by atoms with E-state index in [1.165, 1.54) is 18.8 Å². The lowest BCUT2D eigenvalue weighted by atomic mass is 9.71. The van der Waals surface area contributed by atoms with Crippen LogP contribution in [0.2, 0.25) is 0 Å². The van der Waals surface area contributed by atoms with E-state index in [4.69, 9.17) is 9.15 Å². The number of hydrogen-bond donors (Lipinski definition) is 1. The Labute approximate surface area is 174 Å². The summed E-state index contributed by atoms with van der Waals surface area (Å²) in [4.78, 5) is 24.3. The van der Waals surface area contributed by atoms with Crippen molar-refractivity contribution in [3.8, 4) is 5.75 Å². The average Bonchev–Trinajstić information content (AvgIpc) is 3.15. The van der Waals surface area contributed by atoms with E-state index in [1.807, 2.05) is 28.8 Å². The predicted octanol–water partition coefficient (Wildman–Crippen LogP) is 2.68. The van der Waals surface area contributed by atoms with E-state index in [1.54, 1.807) is 6.92 Å². The van der Waals surface area contributed by atoms with Crippen molar-refractivity contribution in [1.29, 1.82) is 0 Å². The smallest absolute Gasteiger partial charge is 0.257 e. The highest BCUT2D eigenvalue weighted by Crippen LogP contribution is 2.38. The van der Waals surface area contributed by atoms with Gasteiger partial charge in [0.15, 0.2) is 12.3 Å². The molecule has 0 aliphatic heterocycles. The number of nitrogens with one attached hydrogen (secondary N) is 1. The lowest BCUT2D eigenvalue weighted by molar-refractivity contribution is -0.123. The number of nitrogens with zero attached hydrogens (tertiary/aromatic N) is 3. The molecule has 3 aromatic heterocycles. The van der Waals surface area contributed by atoms with Crippen molar-refractivity contribution in [1.82, 2.24) is 19.9 Å². The number of carbonyl (C=O) groups excluding carboxylic acids is 1. The van der Waals surface area contributed by atoms with Crippen LogP contribution in [0, 0.1) is 12.3 Å². The van der Waals surface area contributed by atoms with Gasteiger partial charge in [-0.05, 0) is 37.3 Å². The molecule has 0 bridgehead atoms. The van der Waals surface area contributed by atoms with E-state index in [0.29, 0.717) is 12.3 Å². The van der Waals surface area contributed by atoms with Gasteiger partial charge in [0.1, 0.15) is 17.8 Å². The molecule has 0 aromatic carbocycles. The maximum Gasteiger partial charge on any atom is 0.257 e. The van der Waals surface area contributed by atoms with Crippen molar-refractivity contribution in [3.05, 3.63) is 58.5 Å². The fourth-order valence-corrected chi connectivity index (χ4v) is 4.14. The van der Waals surface area contributed by atoms with Crippen LogP contribution in [0.5, 0.6) is 5.75 Å². The first-order valence-corrected chi connectivity index (χ1v) is 10.3. The molecular formula is C22H26N4O4. The maximum atomic E-state index is 12.4. The molecule has 1 N–H and O–H groups in total. The van der Waals surface area contributed by atoms with E-state index in [9.17, 15) is 9.59 Å². The van der Waals surface area contributed by atoms with Gasteiger partial charge in [0.05, 0.1) is 0 Å². The molecule has 0 atom stereocenters. The Morgan fingerprint density at radius 2 is 2.10 bits per heavy atom. The number of aromatic nitrogens is 3. The second-order valence-electron chi connectivity index (χ2n) is 8.07. The summed E-state index contributed by atoms with van der Waals surface area (Å²) in [6.45, 7) is 2.00. The molecule has 1 aliphatic carbocycles. The van der Waals surface area contributed by atoms with Crippen molar-refractivity contribution >= 4 is 11.6 Å². The minimum atomic E-state index is -0.297. The second-order valence-corrected chi connectivity index (χ2v) is 8.07.